The second-order valence-corrected chi connectivity index (χ2v) is 4.91. The van der Waals surface area contributed by atoms with Gasteiger partial charge in [-0.25, -0.2) is 0 Å². The van der Waals surface area contributed by atoms with E-state index >= 15 is 0 Å². The van der Waals surface area contributed by atoms with Gasteiger partial charge in [-0.2, -0.15) is 0 Å². The average Bonchev–Trinajstić information content (AvgIpc) is 3.19. The van der Waals surface area contributed by atoms with Crippen LogP contribution in [0.4, 0.5) is 0 Å². The van der Waals surface area contributed by atoms with Crippen molar-refractivity contribution in [3.8, 4) is 0 Å². The molecule has 98 valence electrons. The standard InChI is InChI=1S/C13H14BNO4/c16-6-5-15-13(17)10-4-3-9-7-19-14(18)12(9)11(10)8-1-2-8/h3-4,6,8,18H,1-2,5,7H2,(H,15,17). The molecule has 1 heterocycles. The zero-order valence-electron chi connectivity index (χ0n) is 10.4. The number of carbonyl (C=O) groups is 2. The Balaban J connectivity index is 2.02. The number of rotatable bonds is 4. The van der Waals surface area contributed by atoms with E-state index in [1.165, 1.54) is 0 Å². The fraction of sp³-hybridized carbons (Fsp3) is 0.385. The summed E-state index contributed by atoms with van der Waals surface area (Å²) in [6, 6.07) is 3.57. The monoisotopic (exact) mass is 259 g/mol. The molecule has 2 N–H and O–H groups in total. The highest BCUT2D eigenvalue weighted by Crippen LogP contribution is 2.42. The number of hydrogen-bond donors (Lipinski definition) is 2. The number of benzene rings is 1. The van der Waals surface area contributed by atoms with Gasteiger partial charge in [0.25, 0.3) is 5.91 Å². The minimum atomic E-state index is -0.940. The van der Waals surface area contributed by atoms with Crippen LogP contribution in [0.1, 0.15) is 40.2 Å². The van der Waals surface area contributed by atoms with Gasteiger partial charge >= 0.3 is 7.12 Å². The Bertz CT molecular complexity index is 542. The summed E-state index contributed by atoms with van der Waals surface area (Å²) >= 11 is 0. The molecule has 0 radical (unpaired) electrons. The Morgan fingerprint density at radius 2 is 2.32 bits per heavy atom. The average molecular weight is 259 g/mol. The molecule has 1 aromatic carbocycles. The topological polar surface area (TPSA) is 75.6 Å². The van der Waals surface area contributed by atoms with Gasteiger partial charge in [0.1, 0.15) is 6.29 Å². The predicted octanol–water partition coefficient (Wildman–Crippen LogP) is -0.290. The zero-order valence-corrected chi connectivity index (χ0v) is 10.4. The van der Waals surface area contributed by atoms with Crippen LogP contribution in [0.5, 0.6) is 0 Å². The van der Waals surface area contributed by atoms with E-state index in [4.69, 9.17) is 4.65 Å². The third-order valence-corrected chi connectivity index (χ3v) is 3.60. The Kier molecular flexibility index (Phi) is 3.12. The molecule has 1 aliphatic heterocycles. The van der Waals surface area contributed by atoms with Gasteiger partial charge in [-0.3, -0.25) is 4.79 Å². The van der Waals surface area contributed by atoms with E-state index in [1.807, 2.05) is 6.07 Å². The van der Waals surface area contributed by atoms with Gasteiger partial charge in [0.05, 0.1) is 13.2 Å². The molecule has 0 spiro atoms. The first-order valence-electron chi connectivity index (χ1n) is 6.39. The molecule has 0 bridgehead atoms. The van der Waals surface area contributed by atoms with Crippen molar-refractivity contribution < 1.29 is 19.3 Å². The Morgan fingerprint density at radius 1 is 1.53 bits per heavy atom. The molecule has 5 nitrogen and oxygen atoms in total. The van der Waals surface area contributed by atoms with Gasteiger partial charge in [-0.05, 0) is 41.4 Å². The zero-order chi connectivity index (χ0) is 13.4. The molecule has 6 heteroatoms. The molecule has 2 aliphatic rings. The van der Waals surface area contributed by atoms with Gasteiger partial charge in [0.15, 0.2) is 0 Å². The summed E-state index contributed by atoms with van der Waals surface area (Å²) in [4.78, 5) is 22.4. The summed E-state index contributed by atoms with van der Waals surface area (Å²) in [5.74, 6) is 0.0548. The molecular weight excluding hydrogens is 245 g/mol. The minimum Gasteiger partial charge on any atom is -0.423 e. The lowest BCUT2D eigenvalue weighted by atomic mass is 9.73. The van der Waals surface area contributed by atoms with Gasteiger partial charge in [-0.15, -0.1) is 0 Å². The number of carbonyl (C=O) groups excluding carboxylic acids is 2. The number of fused-ring (bicyclic) bond motifs is 1. The third-order valence-electron chi connectivity index (χ3n) is 3.60. The highest BCUT2D eigenvalue weighted by molar-refractivity contribution is 6.62. The number of nitrogens with one attached hydrogen (secondary N) is 1. The van der Waals surface area contributed by atoms with Crippen molar-refractivity contribution in [2.75, 3.05) is 6.54 Å². The van der Waals surface area contributed by atoms with Gasteiger partial charge < -0.3 is 19.8 Å². The summed E-state index contributed by atoms with van der Waals surface area (Å²) in [5, 5.41) is 12.5. The van der Waals surface area contributed by atoms with Crippen LogP contribution < -0.4 is 10.8 Å². The molecule has 0 aromatic heterocycles. The van der Waals surface area contributed by atoms with Gasteiger partial charge in [0, 0.05) is 5.56 Å². The molecule has 1 fully saturated rings. The van der Waals surface area contributed by atoms with Crippen molar-refractivity contribution >= 4 is 24.8 Å². The maximum Gasteiger partial charge on any atom is 0.492 e. The van der Waals surface area contributed by atoms with Crippen molar-refractivity contribution in [3.05, 3.63) is 28.8 Å². The maximum atomic E-state index is 12.1. The van der Waals surface area contributed by atoms with E-state index < -0.39 is 7.12 Å². The predicted molar refractivity (Wildman–Crippen MR) is 69.2 cm³/mol. The second kappa shape index (κ2) is 4.79. The van der Waals surface area contributed by atoms with Crippen molar-refractivity contribution in [2.24, 2.45) is 0 Å². The number of aldehydes is 1. The van der Waals surface area contributed by atoms with E-state index in [9.17, 15) is 14.6 Å². The van der Waals surface area contributed by atoms with E-state index in [0.29, 0.717) is 24.4 Å². The molecule has 0 unspecified atom stereocenters. The van der Waals surface area contributed by atoms with E-state index in [0.717, 1.165) is 29.4 Å². The van der Waals surface area contributed by atoms with Crippen LogP contribution in [0.25, 0.3) is 0 Å². The fourth-order valence-corrected chi connectivity index (χ4v) is 2.59. The summed E-state index contributed by atoms with van der Waals surface area (Å²) in [6.07, 6.45) is 2.70. The van der Waals surface area contributed by atoms with Crippen LogP contribution in [-0.2, 0) is 16.1 Å². The van der Waals surface area contributed by atoms with Crippen LogP contribution in [0.3, 0.4) is 0 Å². The lowest BCUT2D eigenvalue weighted by Crippen LogP contribution is -2.35. The quantitative estimate of drug-likeness (QED) is 0.575. The molecule has 1 saturated carbocycles. The van der Waals surface area contributed by atoms with Crippen LogP contribution >= 0.6 is 0 Å². The Hall–Kier alpha value is -1.66. The summed E-state index contributed by atoms with van der Waals surface area (Å²) in [6.45, 7) is 0.380. The largest absolute Gasteiger partial charge is 0.492 e. The van der Waals surface area contributed by atoms with E-state index in [1.54, 1.807) is 6.07 Å². The number of amides is 1. The van der Waals surface area contributed by atoms with Crippen molar-refractivity contribution in [3.63, 3.8) is 0 Å². The lowest BCUT2D eigenvalue weighted by molar-refractivity contribution is -0.107. The first-order chi connectivity index (χ1) is 9.22. The molecule has 19 heavy (non-hydrogen) atoms. The van der Waals surface area contributed by atoms with Gasteiger partial charge in [-0.1, -0.05) is 6.07 Å². The van der Waals surface area contributed by atoms with Gasteiger partial charge in [0.2, 0.25) is 0 Å². The molecule has 0 atom stereocenters. The first-order valence-corrected chi connectivity index (χ1v) is 6.39. The van der Waals surface area contributed by atoms with Crippen molar-refractivity contribution in [2.45, 2.75) is 25.4 Å². The van der Waals surface area contributed by atoms with E-state index in [2.05, 4.69) is 5.32 Å². The molecule has 1 amide bonds. The molecule has 0 saturated heterocycles. The lowest BCUT2D eigenvalue weighted by Gasteiger charge is -2.13. The van der Waals surface area contributed by atoms with Crippen molar-refractivity contribution in [1.82, 2.24) is 5.32 Å². The van der Waals surface area contributed by atoms with Crippen LogP contribution in [0.2, 0.25) is 0 Å². The van der Waals surface area contributed by atoms with E-state index in [-0.39, 0.29) is 12.5 Å². The molecule has 3 rings (SSSR count). The Morgan fingerprint density at radius 3 is 3.00 bits per heavy atom. The molecule has 1 aliphatic carbocycles. The molecule has 1 aromatic rings. The first kappa shape index (κ1) is 12.4. The third kappa shape index (κ3) is 2.17. The highest BCUT2D eigenvalue weighted by Gasteiger charge is 2.38. The van der Waals surface area contributed by atoms with Crippen LogP contribution in [0, 0.1) is 0 Å². The highest BCUT2D eigenvalue weighted by atomic mass is 16.5. The number of hydrogen-bond acceptors (Lipinski definition) is 4. The smallest absolute Gasteiger partial charge is 0.423 e. The molecular formula is C13H14BNO4. The van der Waals surface area contributed by atoms with Crippen LogP contribution in [0.15, 0.2) is 12.1 Å². The summed E-state index contributed by atoms with van der Waals surface area (Å²) in [7, 11) is -0.940. The minimum absolute atomic E-state index is 0.000914. The Labute approximate surface area is 111 Å². The SMILES string of the molecule is O=CCNC(=O)c1ccc2c(c1C1CC1)B(O)OC2. The van der Waals surface area contributed by atoms with Crippen molar-refractivity contribution in [1.29, 1.82) is 0 Å². The van der Waals surface area contributed by atoms with Crippen LogP contribution in [-0.4, -0.2) is 30.9 Å². The summed E-state index contributed by atoms with van der Waals surface area (Å²) in [5.41, 5.74) is 3.14. The fourth-order valence-electron chi connectivity index (χ4n) is 2.59. The normalized spacial score (nSPS) is 17.2. The maximum absolute atomic E-state index is 12.1. The summed E-state index contributed by atoms with van der Waals surface area (Å²) < 4.78 is 5.23. The second-order valence-electron chi connectivity index (χ2n) is 4.91.